The molecule has 0 aliphatic carbocycles. The highest BCUT2D eigenvalue weighted by molar-refractivity contribution is 5.45. The van der Waals surface area contributed by atoms with Gasteiger partial charge < -0.3 is 9.84 Å². The molecule has 1 aromatic rings. The molecule has 0 saturated carbocycles. The van der Waals surface area contributed by atoms with E-state index in [0.29, 0.717) is 0 Å². The highest BCUT2D eigenvalue weighted by Crippen LogP contribution is 2.43. The molecular weight excluding hydrogens is 238 g/mol. The predicted molar refractivity (Wildman–Crippen MR) is 77.6 cm³/mol. The SMILES string of the molecule is CCN(CC)C1C(O)c2cccc(C)c2OC1(C)C. The van der Waals surface area contributed by atoms with E-state index in [1.54, 1.807) is 0 Å². The lowest BCUT2D eigenvalue weighted by atomic mass is 9.84. The first kappa shape index (κ1) is 14.4. The fraction of sp³-hybridized carbons (Fsp3) is 0.625. The van der Waals surface area contributed by atoms with Crippen molar-refractivity contribution < 1.29 is 9.84 Å². The average Bonchev–Trinajstić information content (AvgIpc) is 2.35. The Morgan fingerprint density at radius 3 is 2.47 bits per heavy atom. The molecule has 0 fully saturated rings. The molecule has 0 saturated heterocycles. The van der Waals surface area contributed by atoms with Gasteiger partial charge in [0.2, 0.25) is 0 Å². The molecule has 1 aliphatic heterocycles. The molecule has 106 valence electrons. The van der Waals surface area contributed by atoms with E-state index in [1.165, 1.54) is 0 Å². The van der Waals surface area contributed by atoms with E-state index in [-0.39, 0.29) is 6.04 Å². The van der Waals surface area contributed by atoms with Crippen LogP contribution in [-0.2, 0) is 0 Å². The highest BCUT2D eigenvalue weighted by Gasteiger charge is 2.45. The first-order valence-corrected chi connectivity index (χ1v) is 7.13. The maximum Gasteiger partial charge on any atom is 0.128 e. The molecule has 2 unspecified atom stereocenters. The number of rotatable bonds is 3. The largest absolute Gasteiger partial charge is 0.485 e. The Hall–Kier alpha value is -1.06. The van der Waals surface area contributed by atoms with E-state index in [1.807, 2.05) is 25.1 Å². The molecule has 0 radical (unpaired) electrons. The van der Waals surface area contributed by atoms with Gasteiger partial charge in [-0.05, 0) is 39.4 Å². The number of benzene rings is 1. The smallest absolute Gasteiger partial charge is 0.128 e. The zero-order valence-electron chi connectivity index (χ0n) is 12.6. The van der Waals surface area contributed by atoms with Crippen LogP contribution in [0.1, 0.15) is 44.9 Å². The van der Waals surface area contributed by atoms with Crippen molar-refractivity contribution in [3.63, 3.8) is 0 Å². The van der Waals surface area contributed by atoms with Crippen molar-refractivity contribution in [2.24, 2.45) is 0 Å². The van der Waals surface area contributed by atoms with Gasteiger partial charge in [-0.1, -0.05) is 32.0 Å². The number of hydrogen-bond donors (Lipinski definition) is 1. The van der Waals surface area contributed by atoms with Crippen molar-refractivity contribution in [3.8, 4) is 5.75 Å². The van der Waals surface area contributed by atoms with E-state index in [2.05, 4.69) is 32.6 Å². The Kier molecular flexibility index (Phi) is 3.88. The first-order valence-electron chi connectivity index (χ1n) is 7.13. The molecule has 1 aliphatic rings. The normalized spacial score (nSPS) is 25.0. The zero-order valence-corrected chi connectivity index (χ0v) is 12.6. The minimum atomic E-state index is -0.501. The molecule has 1 aromatic carbocycles. The van der Waals surface area contributed by atoms with Crippen LogP contribution in [0.2, 0.25) is 0 Å². The summed E-state index contributed by atoms with van der Waals surface area (Å²) in [6, 6.07) is 5.97. The number of aliphatic hydroxyl groups is 1. The number of ether oxygens (including phenoxy) is 1. The van der Waals surface area contributed by atoms with E-state index in [4.69, 9.17) is 4.74 Å². The number of hydrogen-bond acceptors (Lipinski definition) is 3. The van der Waals surface area contributed by atoms with Gasteiger partial charge in [-0.15, -0.1) is 0 Å². The van der Waals surface area contributed by atoms with Crippen LogP contribution < -0.4 is 4.74 Å². The summed E-state index contributed by atoms with van der Waals surface area (Å²) < 4.78 is 6.22. The average molecular weight is 263 g/mol. The van der Waals surface area contributed by atoms with Gasteiger partial charge in [-0.25, -0.2) is 0 Å². The zero-order chi connectivity index (χ0) is 14.2. The van der Waals surface area contributed by atoms with Gasteiger partial charge in [0.25, 0.3) is 0 Å². The standard InChI is InChI=1S/C16H25NO2/c1-6-17(7-2)15-13(18)12-10-8-9-11(3)14(12)19-16(15,4)5/h8-10,13,15,18H,6-7H2,1-5H3. The van der Waals surface area contributed by atoms with Crippen molar-refractivity contribution in [2.45, 2.75) is 52.4 Å². The van der Waals surface area contributed by atoms with E-state index in [0.717, 1.165) is 30.0 Å². The maximum atomic E-state index is 10.8. The van der Waals surface area contributed by atoms with Crippen LogP contribution in [-0.4, -0.2) is 34.7 Å². The summed E-state index contributed by atoms with van der Waals surface area (Å²) in [6.07, 6.45) is -0.501. The van der Waals surface area contributed by atoms with E-state index in [9.17, 15) is 5.11 Å². The van der Waals surface area contributed by atoms with Crippen LogP contribution in [0.5, 0.6) is 5.75 Å². The summed E-state index contributed by atoms with van der Waals surface area (Å²) >= 11 is 0. The quantitative estimate of drug-likeness (QED) is 0.910. The fourth-order valence-corrected chi connectivity index (χ4v) is 3.18. The molecule has 1 heterocycles. The number of para-hydroxylation sites is 1. The minimum absolute atomic E-state index is 0.0169. The van der Waals surface area contributed by atoms with Crippen LogP contribution in [0.15, 0.2) is 18.2 Å². The Balaban J connectivity index is 2.48. The number of likely N-dealkylation sites (N-methyl/N-ethyl adjacent to an activating group) is 1. The maximum absolute atomic E-state index is 10.8. The Morgan fingerprint density at radius 1 is 1.26 bits per heavy atom. The number of aryl methyl sites for hydroxylation is 1. The van der Waals surface area contributed by atoms with Gasteiger partial charge in [0, 0.05) is 5.56 Å². The lowest BCUT2D eigenvalue weighted by molar-refractivity contribution is -0.0802. The molecule has 0 amide bonds. The van der Waals surface area contributed by atoms with Gasteiger partial charge >= 0.3 is 0 Å². The van der Waals surface area contributed by atoms with Crippen LogP contribution in [0.3, 0.4) is 0 Å². The van der Waals surface area contributed by atoms with Gasteiger partial charge in [0.1, 0.15) is 17.5 Å². The molecule has 0 aromatic heterocycles. The van der Waals surface area contributed by atoms with Crippen molar-refractivity contribution in [1.82, 2.24) is 4.90 Å². The summed E-state index contributed by atoms with van der Waals surface area (Å²) in [7, 11) is 0. The number of nitrogens with zero attached hydrogens (tertiary/aromatic N) is 1. The Morgan fingerprint density at radius 2 is 1.89 bits per heavy atom. The van der Waals surface area contributed by atoms with Crippen LogP contribution in [0.4, 0.5) is 0 Å². The van der Waals surface area contributed by atoms with Crippen molar-refractivity contribution in [1.29, 1.82) is 0 Å². The molecule has 19 heavy (non-hydrogen) atoms. The van der Waals surface area contributed by atoms with Crippen molar-refractivity contribution in [3.05, 3.63) is 29.3 Å². The number of aliphatic hydroxyl groups excluding tert-OH is 1. The van der Waals surface area contributed by atoms with Crippen LogP contribution in [0.25, 0.3) is 0 Å². The second kappa shape index (κ2) is 5.14. The monoisotopic (exact) mass is 263 g/mol. The minimum Gasteiger partial charge on any atom is -0.485 e. The van der Waals surface area contributed by atoms with Gasteiger partial charge in [0.05, 0.1) is 6.04 Å². The van der Waals surface area contributed by atoms with Gasteiger partial charge in [0.15, 0.2) is 0 Å². The molecule has 0 bridgehead atoms. The second-order valence-corrected chi connectivity index (χ2v) is 5.81. The molecular formula is C16H25NO2. The summed E-state index contributed by atoms with van der Waals surface area (Å²) in [5.41, 5.74) is 1.60. The van der Waals surface area contributed by atoms with Crippen molar-refractivity contribution >= 4 is 0 Å². The highest BCUT2D eigenvalue weighted by atomic mass is 16.5. The summed E-state index contributed by atoms with van der Waals surface area (Å²) in [5.74, 6) is 0.850. The third-order valence-corrected chi connectivity index (χ3v) is 4.14. The van der Waals surface area contributed by atoms with Crippen molar-refractivity contribution in [2.75, 3.05) is 13.1 Å². The third kappa shape index (κ3) is 2.37. The molecule has 3 heteroatoms. The second-order valence-electron chi connectivity index (χ2n) is 5.81. The van der Waals surface area contributed by atoms with E-state index >= 15 is 0 Å². The van der Waals surface area contributed by atoms with Gasteiger partial charge in [-0.3, -0.25) is 4.90 Å². The summed E-state index contributed by atoms with van der Waals surface area (Å²) in [6.45, 7) is 12.2. The molecule has 0 spiro atoms. The topological polar surface area (TPSA) is 32.7 Å². The van der Waals surface area contributed by atoms with Crippen LogP contribution in [0, 0.1) is 6.92 Å². The van der Waals surface area contributed by atoms with Crippen LogP contribution >= 0.6 is 0 Å². The predicted octanol–water partition coefficient (Wildman–Crippen LogP) is 2.91. The van der Waals surface area contributed by atoms with Gasteiger partial charge in [-0.2, -0.15) is 0 Å². The fourth-order valence-electron chi connectivity index (χ4n) is 3.18. The third-order valence-electron chi connectivity index (χ3n) is 4.14. The molecule has 3 nitrogen and oxygen atoms in total. The molecule has 2 atom stereocenters. The summed E-state index contributed by atoms with van der Waals surface area (Å²) in [5, 5.41) is 10.8. The van der Waals surface area contributed by atoms with E-state index < -0.39 is 11.7 Å². The summed E-state index contributed by atoms with van der Waals surface area (Å²) in [4.78, 5) is 2.27. The number of fused-ring (bicyclic) bond motifs is 1. The first-order chi connectivity index (χ1) is 8.92. The lowest BCUT2D eigenvalue weighted by Gasteiger charge is -2.48. The molecule has 1 N–H and O–H groups in total. The molecule has 2 rings (SSSR count). The Bertz CT molecular complexity index is 452. The Labute approximate surface area is 116 Å². The lowest BCUT2D eigenvalue weighted by Crippen LogP contribution is -2.58.